The summed E-state index contributed by atoms with van der Waals surface area (Å²) < 4.78 is 5.35. The van der Waals surface area contributed by atoms with Gasteiger partial charge in [0.15, 0.2) is 0 Å². The molecule has 0 bridgehead atoms. The fourth-order valence-corrected chi connectivity index (χ4v) is 2.21. The molecule has 1 rings (SSSR count). The van der Waals surface area contributed by atoms with Gasteiger partial charge in [-0.1, -0.05) is 19.9 Å². The molecule has 4 N–H and O–H groups in total. The Hall–Kier alpha value is -2.24. The van der Waals surface area contributed by atoms with Crippen molar-refractivity contribution < 1.29 is 9.53 Å². The Morgan fingerprint density at radius 1 is 1.40 bits per heavy atom. The predicted molar refractivity (Wildman–Crippen MR) is 80.6 cm³/mol. The van der Waals surface area contributed by atoms with E-state index in [0.717, 1.165) is 17.5 Å². The van der Waals surface area contributed by atoms with Crippen LogP contribution in [0.15, 0.2) is 12.1 Å². The number of nitrogens with one attached hydrogen (secondary N) is 2. The topological polar surface area (TPSA) is 91.4 Å². The van der Waals surface area contributed by atoms with Crippen LogP contribution in [0.3, 0.4) is 0 Å². The van der Waals surface area contributed by atoms with Gasteiger partial charge in [-0.15, -0.1) is 0 Å². The Kier molecular flexibility index (Phi) is 5.37. The first kappa shape index (κ1) is 15.8. The second kappa shape index (κ2) is 6.79. The smallest absolute Gasteiger partial charge is 0.328 e. The van der Waals surface area contributed by atoms with Crippen LogP contribution in [0, 0.1) is 5.41 Å². The summed E-state index contributed by atoms with van der Waals surface area (Å²) in [7, 11) is 3.09. The summed E-state index contributed by atoms with van der Waals surface area (Å²) in [5.41, 5.74) is 8.04. The Labute approximate surface area is 119 Å². The monoisotopic (exact) mass is 278 g/mol. The molecule has 20 heavy (non-hydrogen) atoms. The Morgan fingerprint density at radius 2 is 2.05 bits per heavy atom. The third-order valence-corrected chi connectivity index (χ3v) is 3.16. The maximum atomic E-state index is 12.0. The maximum Gasteiger partial charge on any atom is 0.328 e. The van der Waals surface area contributed by atoms with Crippen molar-refractivity contribution in [2.75, 3.05) is 19.1 Å². The number of urea groups is 1. The zero-order valence-electron chi connectivity index (χ0n) is 12.4. The van der Waals surface area contributed by atoms with E-state index in [1.807, 2.05) is 26.0 Å². The van der Waals surface area contributed by atoms with Crippen molar-refractivity contribution in [3.8, 4) is 5.75 Å². The van der Waals surface area contributed by atoms with Gasteiger partial charge >= 0.3 is 6.03 Å². The van der Waals surface area contributed by atoms with Gasteiger partial charge in [0.2, 0.25) is 5.96 Å². The molecule has 0 heterocycles. The number of hydrogen-bond acceptors (Lipinski definition) is 3. The number of methoxy groups -OCH3 is 1. The first-order chi connectivity index (χ1) is 9.51. The predicted octanol–water partition coefficient (Wildman–Crippen LogP) is 1.86. The number of benzene rings is 1. The summed E-state index contributed by atoms with van der Waals surface area (Å²) in [4.78, 5) is 13.2. The Balaban J connectivity index is 3.59. The normalized spacial score (nSPS) is 10.0. The molecular formula is C14H22N4O2. The second-order valence-corrected chi connectivity index (χ2v) is 4.24. The van der Waals surface area contributed by atoms with Gasteiger partial charge in [0.05, 0.1) is 12.8 Å². The average molecular weight is 278 g/mol. The average Bonchev–Trinajstić information content (AvgIpc) is 2.45. The second-order valence-electron chi connectivity index (χ2n) is 4.24. The molecule has 0 radical (unpaired) electrons. The number of hydrogen-bond donors (Lipinski definition) is 3. The number of rotatable bonds is 4. The van der Waals surface area contributed by atoms with Crippen LogP contribution in [0.4, 0.5) is 10.5 Å². The number of carbonyl (C=O) groups excluding carboxylic acids is 1. The van der Waals surface area contributed by atoms with Crippen molar-refractivity contribution in [3.63, 3.8) is 0 Å². The highest BCUT2D eigenvalue weighted by Gasteiger charge is 2.24. The van der Waals surface area contributed by atoms with E-state index in [4.69, 9.17) is 15.9 Å². The van der Waals surface area contributed by atoms with Gasteiger partial charge in [0, 0.05) is 12.6 Å². The highest BCUT2D eigenvalue weighted by Crippen LogP contribution is 2.34. The van der Waals surface area contributed by atoms with Crippen molar-refractivity contribution in [3.05, 3.63) is 23.3 Å². The summed E-state index contributed by atoms with van der Waals surface area (Å²) in [5, 5.41) is 10.2. The summed E-state index contributed by atoms with van der Waals surface area (Å²) in [6.45, 7) is 3.97. The molecule has 0 saturated carbocycles. The van der Waals surface area contributed by atoms with Gasteiger partial charge in [-0.25, -0.2) is 9.69 Å². The fourth-order valence-electron chi connectivity index (χ4n) is 2.21. The molecular weight excluding hydrogens is 256 g/mol. The van der Waals surface area contributed by atoms with Gasteiger partial charge in [0.1, 0.15) is 5.75 Å². The molecule has 0 unspecified atom stereocenters. The van der Waals surface area contributed by atoms with Crippen molar-refractivity contribution in [1.29, 1.82) is 5.41 Å². The first-order valence-corrected chi connectivity index (χ1v) is 6.56. The number of ether oxygens (including phenoxy) is 1. The number of nitrogens with two attached hydrogens (primary N) is 1. The summed E-state index contributed by atoms with van der Waals surface area (Å²) >= 11 is 0. The molecule has 1 aromatic carbocycles. The lowest BCUT2D eigenvalue weighted by atomic mass is 10.0. The lowest BCUT2D eigenvalue weighted by Crippen LogP contribution is -2.47. The van der Waals surface area contributed by atoms with Gasteiger partial charge in [-0.2, -0.15) is 0 Å². The molecule has 0 spiro atoms. The van der Waals surface area contributed by atoms with E-state index in [0.29, 0.717) is 17.9 Å². The lowest BCUT2D eigenvalue weighted by molar-refractivity contribution is 0.251. The third kappa shape index (κ3) is 2.84. The van der Waals surface area contributed by atoms with E-state index in [-0.39, 0.29) is 5.96 Å². The van der Waals surface area contributed by atoms with E-state index >= 15 is 0 Å². The van der Waals surface area contributed by atoms with Gasteiger partial charge in [-0.05, 0) is 24.5 Å². The van der Waals surface area contributed by atoms with E-state index < -0.39 is 6.03 Å². The highest BCUT2D eigenvalue weighted by molar-refractivity contribution is 6.15. The highest BCUT2D eigenvalue weighted by atomic mass is 16.5. The van der Waals surface area contributed by atoms with Crippen LogP contribution in [-0.2, 0) is 12.8 Å². The standard InChI is InChI=1S/C14H22N4O2/c1-5-9-7-8-11(20-4)10(6-2)12(9)18(13(15)16)14(19)17-3/h7-8H,5-6H2,1-4H3,(H3,15,16)(H,17,19). The molecule has 0 aliphatic heterocycles. The fraction of sp³-hybridized carbons (Fsp3) is 0.429. The molecule has 1 aromatic rings. The molecule has 0 aliphatic rings. The van der Waals surface area contributed by atoms with Crippen molar-refractivity contribution in [2.45, 2.75) is 26.7 Å². The molecule has 0 fully saturated rings. The quantitative estimate of drug-likeness (QED) is 0.580. The molecule has 0 atom stereocenters. The van der Waals surface area contributed by atoms with Crippen LogP contribution in [-0.4, -0.2) is 26.1 Å². The van der Waals surface area contributed by atoms with Crippen LogP contribution in [0.5, 0.6) is 5.75 Å². The van der Waals surface area contributed by atoms with Gasteiger partial charge in [-0.3, -0.25) is 5.41 Å². The molecule has 110 valence electrons. The first-order valence-electron chi connectivity index (χ1n) is 6.56. The molecule has 2 amide bonds. The summed E-state index contributed by atoms with van der Waals surface area (Å²) in [6.07, 6.45) is 1.40. The van der Waals surface area contributed by atoms with Crippen molar-refractivity contribution in [2.24, 2.45) is 5.73 Å². The Bertz CT molecular complexity index is 514. The molecule has 6 nitrogen and oxygen atoms in total. The minimum Gasteiger partial charge on any atom is -0.496 e. The van der Waals surface area contributed by atoms with E-state index in [9.17, 15) is 4.79 Å². The van der Waals surface area contributed by atoms with Crippen LogP contribution in [0.25, 0.3) is 0 Å². The van der Waals surface area contributed by atoms with Crippen LogP contribution in [0.1, 0.15) is 25.0 Å². The van der Waals surface area contributed by atoms with E-state index in [1.54, 1.807) is 7.11 Å². The van der Waals surface area contributed by atoms with Crippen molar-refractivity contribution in [1.82, 2.24) is 5.32 Å². The number of amides is 2. The maximum absolute atomic E-state index is 12.0. The molecule has 6 heteroatoms. The lowest BCUT2D eigenvalue weighted by Gasteiger charge is -2.26. The number of anilines is 1. The zero-order chi connectivity index (χ0) is 15.3. The number of nitrogens with zero attached hydrogens (tertiary/aromatic N) is 1. The summed E-state index contributed by atoms with van der Waals surface area (Å²) in [5.74, 6) is 0.372. The van der Waals surface area contributed by atoms with E-state index in [2.05, 4.69) is 5.32 Å². The minimum absolute atomic E-state index is 0.318. The van der Waals surface area contributed by atoms with Crippen LogP contribution >= 0.6 is 0 Å². The molecule has 0 aromatic heterocycles. The number of carbonyl (C=O) groups is 1. The molecule has 0 saturated heterocycles. The Morgan fingerprint density at radius 3 is 2.45 bits per heavy atom. The number of guanidine groups is 1. The van der Waals surface area contributed by atoms with Crippen LogP contribution in [0.2, 0.25) is 0 Å². The SMILES string of the molecule is CCc1ccc(OC)c(CC)c1N(C(=N)N)C(=O)NC. The van der Waals surface area contributed by atoms with Crippen molar-refractivity contribution >= 4 is 17.7 Å². The zero-order valence-corrected chi connectivity index (χ0v) is 12.4. The summed E-state index contributed by atoms with van der Waals surface area (Å²) in [6, 6.07) is 3.34. The largest absolute Gasteiger partial charge is 0.496 e. The number of aryl methyl sites for hydroxylation is 1. The minimum atomic E-state index is -0.435. The van der Waals surface area contributed by atoms with E-state index in [1.165, 1.54) is 11.9 Å². The van der Waals surface area contributed by atoms with Crippen LogP contribution < -0.4 is 20.7 Å². The molecule has 0 aliphatic carbocycles. The van der Waals surface area contributed by atoms with Gasteiger partial charge in [0.25, 0.3) is 0 Å². The van der Waals surface area contributed by atoms with Gasteiger partial charge < -0.3 is 15.8 Å². The third-order valence-electron chi connectivity index (χ3n) is 3.16.